The van der Waals surface area contributed by atoms with Gasteiger partial charge in [0.1, 0.15) is 12.4 Å². The summed E-state index contributed by atoms with van der Waals surface area (Å²) in [5.41, 5.74) is 3.81. The molecule has 0 fully saturated rings. The summed E-state index contributed by atoms with van der Waals surface area (Å²) >= 11 is 0. The molecule has 0 saturated carbocycles. The van der Waals surface area contributed by atoms with Crippen LogP contribution in [0.25, 0.3) is 0 Å². The fraction of sp³-hybridized carbons (Fsp3) is 0.333. The van der Waals surface area contributed by atoms with Crippen molar-refractivity contribution >= 4 is 5.69 Å². The van der Waals surface area contributed by atoms with Crippen LogP contribution in [0.3, 0.4) is 0 Å². The highest BCUT2D eigenvalue weighted by Crippen LogP contribution is 2.16. The standard InChI is InChI=1S/C18H23NO/c1-4-19(17-7-5-6-16(3)14-17)12-13-20-18-10-8-15(2)9-11-18/h5-11,14H,4,12-13H2,1-3H3. The van der Waals surface area contributed by atoms with Crippen LogP contribution in [0.15, 0.2) is 48.5 Å². The normalized spacial score (nSPS) is 10.3. The van der Waals surface area contributed by atoms with Crippen molar-refractivity contribution in [1.82, 2.24) is 0 Å². The van der Waals surface area contributed by atoms with Crippen LogP contribution in [0.5, 0.6) is 5.75 Å². The van der Waals surface area contributed by atoms with E-state index in [4.69, 9.17) is 4.74 Å². The molecule has 0 atom stereocenters. The van der Waals surface area contributed by atoms with Crippen molar-refractivity contribution < 1.29 is 4.74 Å². The van der Waals surface area contributed by atoms with Gasteiger partial charge in [-0.1, -0.05) is 29.8 Å². The predicted octanol–water partition coefficient (Wildman–Crippen LogP) is 4.21. The third kappa shape index (κ3) is 4.02. The largest absolute Gasteiger partial charge is 0.492 e. The van der Waals surface area contributed by atoms with Crippen LogP contribution in [0.1, 0.15) is 18.1 Å². The number of rotatable bonds is 6. The highest BCUT2D eigenvalue weighted by atomic mass is 16.5. The summed E-state index contributed by atoms with van der Waals surface area (Å²) in [6.45, 7) is 8.97. The summed E-state index contributed by atoms with van der Waals surface area (Å²) < 4.78 is 5.80. The van der Waals surface area contributed by atoms with Gasteiger partial charge < -0.3 is 9.64 Å². The van der Waals surface area contributed by atoms with Gasteiger partial charge in [-0.05, 0) is 50.6 Å². The van der Waals surface area contributed by atoms with Crippen molar-refractivity contribution in [3.63, 3.8) is 0 Å². The monoisotopic (exact) mass is 269 g/mol. The minimum absolute atomic E-state index is 0.699. The number of hydrogen-bond acceptors (Lipinski definition) is 2. The number of ether oxygens (including phenoxy) is 1. The maximum absolute atomic E-state index is 5.80. The van der Waals surface area contributed by atoms with Crippen LogP contribution in [-0.2, 0) is 0 Å². The fourth-order valence-electron chi connectivity index (χ4n) is 2.20. The van der Waals surface area contributed by atoms with E-state index in [1.54, 1.807) is 0 Å². The number of anilines is 1. The maximum atomic E-state index is 5.80. The smallest absolute Gasteiger partial charge is 0.119 e. The predicted molar refractivity (Wildman–Crippen MR) is 85.7 cm³/mol. The molecule has 0 N–H and O–H groups in total. The van der Waals surface area contributed by atoms with Crippen LogP contribution in [-0.4, -0.2) is 19.7 Å². The number of nitrogens with zero attached hydrogens (tertiary/aromatic N) is 1. The first-order chi connectivity index (χ1) is 9.69. The second-order valence-corrected chi connectivity index (χ2v) is 5.08. The number of benzene rings is 2. The Morgan fingerprint density at radius 2 is 1.70 bits per heavy atom. The fourth-order valence-corrected chi connectivity index (χ4v) is 2.20. The second-order valence-electron chi connectivity index (χ2n) is 5.08. The molecule has 0 spiro atoms. The second kappa shape index (κ2) is 6.99. The molecule has 106 valence electrons. The molecule has 0 aliphatic heterocycles. The zero-order valence-electron chi connectivity index (χ0n) is 12.6. The summed E-state index contributed by atoms with van der Waals surface area (Å²) in [4.78, 5) is 2.33. The Kier molecular flexibility index (Phi) is 5.05. The Bertz CT molecular complexity index is 533. The van der Waals surface area contributed by atoms with E-state index in [-0.39, 0.29) is 0 Å². The van der Waals surface area contributed by atoms with Gasteiger partial charge in [0.15, 0.2) is 0 Å². The third-order valence-corrected chi connectivity index (χ3v) is 3.40. The van der Waals surface area contributed by atoms with Gasteiger partial charge in [0.2, 0.25) is 0 Å². The van der Waals surface area contributed by atoms with E-state index in [0.717, 1.165) is 18.8 Å². The lowest BCUT2D eigenvalue weighted by Gasteiger charge is -2.23. The van der Waals surface area contributed by atoms with E-state index >= 15 is 0 Å². The first-order valence-corrected chi connectivity index (χ1v) is 7.20. The van der Waals surface area contributed by atoms with Crippen molar-refractivity contribution in [3.8, 4) is 5.75 Å². The van der Waals surface area contributed by atoms with E-state index in [1.165, 1.54) is 16.8 Å². The molecule has 2 aromatic rings. The van der Waals surface area contributed by atoms with Gasteiger partial charge >= 0.3 is 0 Å². The Labute approximate surface area is 122 Å². The van der Waals surface area contributed by atoms with Crippen molar-refractivity contribution in [2.24, 2.45) is 0 Å². The molecule has 0 saturated heterocycles. The first kappa shape index (κ1) is 14.4. The maximum Gasteiger partial charge on any atom is 0.119 e. The molecule has 0 heterocycles. The molecule has 20 heavy (non-hydrogen) atoms. The SMILES string of the molecule is CCN(CCOc1ccc(C)cc1)c1cccc(C)c1. The summed E-state index contributed by atoms with van der Waals surface area (Å²) in [7, 11) is 0. The first-order valence-electron chi connectivity index (χ1n) is 7.20. The lowest BCUT2D eigenvalue weighted by atomic mass is 10.2. The van der Waals surface area contributed by atoms with Crippen LogP contribution < -0.4 is 9.64 Å². The molecule has 0 aliphatic rings. The van der Waals surface area contributed by atoms with E-state index in [0.29, 0.717) is 6.61 Å². The van der Waals surface area contributed by atoms with Crippen LogP contribution in [0.2, 0.25) is 0 Å². The molecule has 2 aromatic carbocycles. The molecule has 0 radical (unpaired) electrons. The zero-order chi connectivity index (χ0) is 14.4. The number of hydrogen-bond donors (Lipinski definition) is 0. The Morgan fingerprint density at radius 1 is 0.950 bits per heavy atom. The quantitative estimate of drug-likeness (QED) is 0.779. The molecule has 2 heteroatoms. The molecule has 0 aliphatic carbocycles. The van der Waals surface area contributed by atoms with E-state index < -0.39 is 0 Å². The van der Waals surface area contributed by atoms with Crippen LogP contribution >= 0.6 is 0 Å². The molecular weight excluding hydrogens is 246 g/mol. The third-order valence-electron chi connectivity index (χ3n) is 3.40. The van der Waals surface area contributed by atoms with Gasteiger partial charge in [0.05, 0.1) is 6.54 Å². The molecule has 0 aromatic heterocycles. The highest BCUT2D eigenvalue weighted by molar-refractivity contribution is 5.48. The summed E-state index contributed by atoms with van der Waals surface area (Å²) in [6.07, 6.45) is 0. The van der Waals surface area contributed by atoms with Gasteiger partial charge in [-0.2, -0.15) is 0 Å². The lowest BCUT2D eigenvalue weighted by molar-refractivity contribution is 0.324. The van der Waals surface area contributed by atoms with E-state index in [2.05, 4.69) is 62.1 Å². The average Bonchev–Trinajstić information content (AvgIpc) is 2.45. The minimum atomic E-state index is 0.699. The summed E-state index contributed by atoms with van der Waals surface area (Å²) in [5, 5.41) is 0. The van der Waals surface area contributed by atoms with Crippen LogP contribution in [0, 0.1) is 13.8 Å². The van der Waals surface area contributed by atoms with Gasteiger partial charge in [0, 0.05) is 12.2 Å². The van der Waals surface area contributed by atoms with Gasteiger partial charge in [-0.25, -0.2) is 0 Å². The Balaban J connectivity index is 1.89. The molecule has 2 rings (SSSR count). The summed E-state index contributed by atoms with van der Waals surface area (Å²) in [5.74, 6) is 0.941. The Hall–Kier alpha value is -1.96. The van der Waals surface area contributed by atoms with Crippen molar-refractivity contribution in [1.29, 1.82) is 0 Å². The molecule has 2 nitrogen and oxygen atoms in total. The Morgan fingerprint density at radius 3 is 2.35 bits per heavy atom. The van der Waals surface area contributed by atoms with Gasteiger partial charge in [-0.15, -0.1) is 0 Å². The number of likely N-dealkylation sites (N-methyl/N-ethyl adjacent to an activating group) is 1. The average molecular weight is 269 g/mol. The number of aryl methyl sites for hydroxylation is 2. The van der Waals surface area contributed by atoms with Crippen molar-refractivity contribution in [2.45, 2.75) is 20.8 Å². The van der Waals surface area contributed by atoms with Gasteiger partial charge in [0.25, 0.3) is 0 Å². The topological polar surface area (TPSA) is 12.5 Å². The van der Waals surface area contributed by atoms with Crippen molar-refractivity contribution in [3.05, 3.63) is 59.7 Å². The van der Waals surface area contributed by atoms with Gasteiger partial charge in [-0.3, -0.25) is 0 Å². The zero-order valence-corrected chi connectivity index (χ0v) is 12.6. The minimum Gasteiger partial charge on any atom is -0.492 e. The van der Waals surface area contributed by atoms with Crippen molar-refractivity contribution in [2.75, 3.05) is 24.6 Å². The molecule has 0 bridgehead atoms. The van der Waals surface area contributed by atoms with E-state index in [9.17, 15) is 0 Å². The van der Waals surface area contributed by atoms with E-state index in [1.807, 2.05) is 12.1 Å². The highest BCUT2D eigenvalue weighted by Gasteiger charge is 2.04. The van der Waals surface area contributed by atoms with Crippen LogP contribution in [0.4, 0.5) is 5.69 Å². The molecule has 0 amide bonds. The molecule has 0 unspecified atom stereocenters. The summed E-state index contributed by atoms with van der Waals surface area (Å²) in [6, 6.07) is 16.8. The lowest BCUT2D eigenvalue weighted by Crippen LogP contribution is -2.28. The molecular formula is C18H23NO.